The van der Waals surface area contributed by atoms with Gasteiger partial charge in [0.25, 0.3) is 5.91 Å². The van der Waals surface area contributed by atoms with E-state index in [1.165, 1.54) is 10.4 Å². The van der Waals surface area contributed by atoms with Crippen molar-refractivity contribution in [1.82, 2.24) is 19.4 Å². The van der Waals surface area contributed by atoms with E-state index in [4.69, 9.17) is 0 Å². The molecule has 2 aliphatic heterocycles. The minimum atomic E-state index is -4.37. The Morgan fingerprint density at radius 1 is 1.15 bits per heavy atom. The molecule has 1 aromatic carbocycles. The topological polar surface area (TPSA) is 86.4 Å². The van der Waals surface area contributed by atoms with Gasteiger partial charge < -0.3 is 4.90 Å². The van der Waals surface area contributed by atoms with E-state index in [0.717, 1.165) is 17.9 Å². The van der Waals surface area contributed by atoms with Crippen molar-refractivity contribution in [2.45, 2.75) is 37.9 Å². The Kier molecular flexibility index (Phi) is 5.32. The number of amides is 1. The van der Waals surface area contributed by atoms with Gasteiger partial charge in [0.05, 0.1) is 24.1 Å². The van der Waals surface area contributed by atoms with E-state index in [0.29, 0.717) is 55.8 Å². The van der Waals surface area contributed by atoms with Gasteiger partial charge in [-0.05, 0) is 48.6 Å². The van der Waals surface area contributed by atoms with E-state index < -0.39 is 21.8 Å². The van der Waals surface area contributed by atoms with Gasteiger partial charge in [-0.1, -0.05) is 18.2 Å². The molecule has 2 fully saturated rings. The smallest absolute Gasteiger partial charge is 0.337 e. The van der Waals surface area contributed by atoms with Crippen LogP contribution in [0.25, 0.3) is 0 Å². The summed E-state index contributed by atoms with van der Waals surface area (Å²) in [6.07, 6.45) is -1.55. The predicted octanol–water partition coefficient (Wildman–Crippen LogP) is 3.01. The number of nitrogens with one attached hydrogen (secondary N) is 1. The number of halogens is 3. The summed E-state index contributed by atoms with van der Waals surface area (Å²) in [5.74, 6) is -0.0244. The number of aromatic nitrogens is 2. The number of aromatic amines is 1. The van der Waals surface area contributed by atoms with Crippen LogP contribution in [-0.2, 0) is 29.2 Å². The molecular weight excluding hydrogens is 457 g/mol. The number of rotatable bonds is 3. The van der Waals surface area contributed by atoms with Crippen molar-refractivity contribution < 1.29 is 26.4 Å². The second kappa shape index (κ2) is 7.83. The Balaban J connectivity index is 1.28. The van der Waals surface area contributed by atoms with E-state index >= 15 is 0 Å². The van der Waals surface area contributed by atoms with Gasteiger partial charge in [-0.25, -0.2) is 8.42 Å². The lowest BCUT2D eigenvalue weighted by molar-refractivity contribution is -0.138. The van der Waals surface area contributed by atoms with Gasteiger partial charge in [0, 0.05) is 25.2 Å². The highest BCUT2D eigenvalue weighted by Gasteiger charge is 2.45. The first-order valence-electron chi connectivity index (χ1n) is 11.0. The Hall–Kier alpha value is -2.40. The van der Waals surface area contributed by atoms with E-state index in [1.807, 2.05) is 0 Å². The summed E-state index contributed by atoms with van der Waals surface area (Å²) in [6.45, 7) is 1.48. The molecule has 2 aromatic rings. The number of fused-ring (bicyclic) bond motifs is 2. The SMILES string of the molecule is CS(=O)(=O)N1CCc2c(C(=O)N3CC4CC(c5ccccc5C(F)(F)F)CC4C3)n[nH]c2C1. The van der Waals surface area contributed by atoms with Crippen molar-refractivity contribution in [3.63, 3.8) is 0 Å². The van der Waals surface area contributed by atoms with Gasteiger partial charge in [-0.15, -0.1) is 0 Å². The highest BCUT2D eigenvalue weighted by atomic mass is 32.2. The molecule has 178 valence electrons. The normalized spacial score (nSPS) is 25.8. The highest BCUT2D eigenvalue weighted by Crippen LogP contribution is 2.49. The number of sulfonamides is 1. The fraction of sp³-hybridized carbons (Fsp3) is 0.545. The minimum absolute atomic E-state index is 0.157. The molecule has 1 saturated carbocycles. The van der Waals surface area contributed by atoms with Gasteiger partial charge in [0.2, 0.25) is 10.0 Å². The van der Waals surface area contributed by atoms with E-state index in [-0.39, 0.29) is 30.2 Å². The summed E-state index contributed by atoms with van der Waals surface area (Å²) >= 11 is 0. The Morgan fingerprint density at radius 3 is 2.45 bits per heavy atom. The number of hydrogen-bond donors (Lipinski definition) is 1. The average molecular weight is 483 g/mol. The second-order valence-electron chi connectivity index (χ2n) is 9.36. The van der Waals surface area contributed by atoms with Crippen molar-refractivity contribution in [3.05, 3.63) is 52.3 Å². The van der Waals surface area contributed by atoms with Gasteiger partial charge in [0.1, 0.15) is 0 Å². The number of carbonyl (C=O) groups is 1. The third kappa shape index (κ3) is 4.05. The molecule has 11 heteroatoms. The number of likely N-dealkylation sites (tertiary alicyclic amines) is 1. The largest absolute Gasteiger partial charge is 0.416 e. The zero-order chi connectivity index (χ0) is 23.5. The number of H-pyrrole nitrogens is 1. The molecule has 1 aromatic heterocycles. The van der Waals surface area contributed by atoms with Crippen LogP contribution in [0.2, 0.25) is 0 Å². The minimum Gasteiger partial charge on any atom is -0.337 e. The third-order valence-electron chi connectivity index (χ3n) is 7.31. The summed E-state index contributed by atoms with van der Waals surface area (Å²) in [7, 11) is -3.33. The van der Waals surface area contributed by atoms with Crippen LogP contribution in [0.5, 0.6) is 0 Å². The first-order valence-corrected chi connectivity index (χ1v) is 12.8. The lowest BCUT2D eigenvalue weighted by atomic mass is 9.91. The molecular formula is C22H25F3N4O3S. The van der Waals surface area contributed by atoms with Crippen molar-refractivity contribution in [3.8, 4) is 0 Å². The van der Waals surface area contributed by atoms with E-state index in [1.54, 1.807) is 17.0 Å². The Labute approximate surface area is 190 Å². The Bertz CT molecular complexity index is 1180. The summed E-state index contributed by atoms with van der Waals surface area (Å²) in [5, 5.41) is 7.01. The molecule has 5 rings (SSSR count). The predicted molar refractivity (Wildman–Crippen MR) is 114 cm³/mol. The summed E-state index contributed by atoms with van der Waals surface area (Å²) in [5.41, 5.74) is 1.52. The first-order chi connectivity index (χ1) is 15.5. The van der Waals surface area contributed by atoms with Crippen molar-refractivity contribution in [2.24, 2.45) is 11.8 Å². The molecule has 3 heterocycles. The molecule has 33 heavy (non-hydrogen) atoms. The van der Waals surface area contributed by atoms with Crippen LogP contribution in [-0.4, -0.2) is 59.6 Å². The van der Waals surface area contributed by atoms with E-state index in [9.17, 15) is 26.4 Å². The number of alkyl halides is 3. The van der Waals surface area contributed by atoms with Gasteiger partial charge in [0.15, 0.2) is 5.69 Å². The van der Waals surface area contributed by atoms with Crippen LogP contribution < -0.4 is 0 Å². The third-order valence-corrected chi connectivity index (χ3v) is 8.56. The molecule has 0 bridgehead atoms. The molecule has 2 unspecified atom stereocenters. The van der Waals surface area contributed by atoms with Crippen LogP contribution in [0.3, 0.4) is 0 Å². The fourth-order valence-electron chi connectivity index (χ4n) is 5.73. The van der Waals surface area contributed by atoms with Crippen molar-refractivity contribution in [1.29, 1.82) is 0 Å². The van der Waals surface area contributed by atoms with Crippen LogP contribution in [0.15, 0.2) is 24.3 Å². The quantitative estimate of drug-likeness (QED) is 0.729. The van der Waals surface area contributed by atoms with Crippen molar-refractivity contribution in [2.75, 3.05) is 25.9 Å². The van der Waals surface area contributed by atoms with E-state index in [2.05, 4.69) is 10.2 Å². The lowest BCUT2D eigenvalue weighted by Crippen LogP contribution is -2.36. The highest BCUT2D eigenvalue weighted by molar-refractivity contribution is 7.88. The number of benzene rings is 1. The molecule has 0 radical (unpaired) electrons. The van der Waals surface area contributed by atoms with Crippen LogP contribution in [0.4, 0.5) is 13.2 Å². The maximum Gasteiger partial charge on any atom is 0.416 e. The van der Waals surface area contributed by atoms with Gasteiger partial charge in [-0.2, -0.15) is 22.6 Å². The average Bonchev–Trinajstić information content (AvgIpc) is 3.44. The first kappa shape index (κ1) is 22.4. The Morgan fingerprint density at radius 2 is 1.82 bits per heavy atom. The molecule has 2 atom stereocenters. The molecule has 1 N–H and O–H groups in total. The van der Waals surface area contributed by atoms with Gasteiger partial charge in [-0.3, -0.25) is 9.89 Å². The number of nitrogens with zero attached hydrogens (tertiary/aromatic N) is 3. The molecule has 1 aliphatic carbocycles. The molecule has 0 spiro atoms. The standard InChI is InChI=1S/C22H25F3N4O3S/c1-33(31,32)29-7-6-17-19(12-29)26-27-20(17)21(30)28-10-14-8-13(9-15(14)11-28)16-4-2-3-5-18(16)22(23,24)25/h2-5,13-15H,6-12H2,1H3,(H,26,27). The van der Waals surface area contributed by atoms with Crippen LogP contribution in [0.1, 0.15) is 51.6 Å². The molecule has 7 nitrogen and oxygen atoms in total. The molecule has 3 aliphatic rings. The zero-order valence-electron chi connectivity index (χ0n) is 18.1. The van der Waals surface area contributed by atoms with Crippen molar-refractivity contribution >= 4 is 15.9 Å². The number of carbonyl (C=O) groups excluding carboxylic acids is 1. The maximum atomic E-state index is 13.4. The van der Waals surface area contributed by atoms with Crippen LogP contribution >= 0.6 is 0 Å². The second-order valence-corrected chi connectivity index (χ2v) is 11.3. The lowest BCUT2D eigenvalue weighted by Gasteiger charge is -2.25. The fourth-order valence-corrected chi connectivity index (χ4v) is 6.52. The maximum absolute atomic E-state index is 13.4. The molecule has 1 saturated heterocycles. The summed E-state index contributed by atoms with van der Waals surface area (Å²) in [4.78, 5) is 14.9. The van der Waals surface area contributed by atoms with Crippen LogP contribution in [0, 0.1) is 11.8 Å². The van der Waals surface area contributed by atoms with Gasteiger partial charge >= 0.3 is 6.18 Å². The molecule has 1 amide bonds. The summed E-state index contributed by atoms with van der Waals surface area (Å²) in [6, 6.07) is 5.79. The summed E-state index contributed by atoms with van der Waals surface area (Å²) < 4.78 is 65.3. The number of hydrogen-bond acceptors (Lipinski definition) is 4. The zero-order valence-corrected chi connectivity index (χ0v) is 18.9. The monoisotopic (exact) mass is 482 g/mol.